The lowest BCUT2D eigenvalue weighted by Crippen LogP contribution is -2.14. The van der Waals surface area contributed by atoms with Gasteiger partial charge in [0.1, 0.15) is 0 Å². The second-order valence-corrected chi connectivity index (χ2v) is 4.92. The lowest BCUT2D eigenvalue weighted by Gasteiger charge is -2.02. The Labute approximate surface area is 109 Å². The molecular weight excluding hydrogens is 250 g/mol. The number of H-pyrrole nitrogens is 1. The fourth-order valence-electron chi connectivity index (χ4n) is 2.14. The van der Waals surface area contributed by atoms with Crippen LogP contribution in [-0.2, 0) is 4.79 Å². The summed E-state index contributed by atoms with van der Waals surface area (Å²) in [5, 5.41) is 10.00. The van der Waals surface area contributed by atoms with E-state index in [1.54, 1.807) is 12.4 Å². The summed E-state index contributed by atoms with van der Waals surface area (Å²) in [6.45, 7) is 0. The van der Waals surface area contributed by atoms with E-state index in [-0.39, 0.29) is 17.7 Å². The first-order chi connectivity index (χ1) is 8.74. The van der Waals surface area contributed by atoms with E-state index in [2.05, 4.69) is 15.5 Å². The number of aromatic amines is 1. The summed E-state index contributed by atoms with van der Waals surface area (Å²) < 4.78 is 0. The van der Waals surface area contributed by atoms with Gasteiger partial charge in [-0.1, -0.05) is 23.7 Å². The van der Waals surface area contributed by atoms with E-state index in [4.69, 9.17) is 11.6 Å². The summed E-state index contributed by atoms with van der Waals surface area (Å²) in [6, 6.07) is 7.70. The fourth-order valence-corrected chi connectivity index (χ4v) is 2.34. The van der Waals surface area contributed by atoms with Crippen molar-refractivity contribution in [2.75, 3.05) is 5.32 Å². The average Bonchev–Trinajstić information content (AvgIpc) is 3.01. The van der Waals surface area contributed by atoms with E-state index in [9.17, 15) is 4.79 Å². The van der Waals surface area contributed by atoms with Crippen LogP contribution in [0.5, 0.6) is 0 Å². The summed E-state index contributed by atoms with van der Waals surface area (Å²) in [5.41, 5.74) is 1.84. The summed E-state index contributed by atoms with van der Waals surface area (Å²) in [7, 11) is 0. The maximum absolute atomic E-state index is 12.0. The quantitative estimate of drug-likeness (QED) is 0.893. The van der Waals surface area contributed by atoms with Crippen LogP contribution in [0.2, 0.25) is 5.02 Å². The molecule has 1 aromatic carbocycles. The smallest absolute Gasteiger partial charge is 0.228 e. The number of halogens is 1. The minimum absolute atomic E-state index is 0.0402. The molecule has 0 unspecified atom stereocenters. The van der Waals surface area contributed by atoms with Crippen molar-refractivity contribution in [2.45, 2.75) is 12.3 Å². The molecule has 0 spiro atoms. The van der Waals surface area contributed by atoms with Gasteiger partial charge in [0.05, 0.1) is 11.9 Å². The monoisotopic (exact) mass is 261 g/mol. The van der Waals surface area contributed by atoms with Crippen molar-refractivity contribution in [3.05, 3.63) is 47.2 Å². The van der Waals surface area contributed by atoms with Gasteiger partial charge >= 0.3 is 0 Å². The van der Waals surface area contributed by atoms with Crippen LogP contribution in [0.1, 0.15) is 17.9 Å². The topological polar surface area (TPSA) is 57.8 Å². The van der Waals surface area contributed by atoms with E-state index in [0.29, 0.717) is 10.7 Å². The Morgan fingerprint density at radius 2 is 2.39 bits per heavy atom. The number of hydrogen-bond acceptors (Lipinski definition) is 2. The summed E-state index contributed by atoms with van der Waals surface area (Å²) >= 11 is 5.95. The van der Waals surface area contributed by atoms with Gasteiger partial charge in [-0.2, -0.15) is 5.10 Å². The van der Waals surface area contributed by atoms with Gasteiger partial charge in [0.15, 0.2) is 0 Å². The number of rotatable bonds is 3. The minimum atomic E-state index is 0.0402. The lowest BCUT2D eigenvalue weighted by molar-refractivity contribution is -0.117. The van der Waals surface area contributed by atoms with Crippen LogP contribution < -0.4 is 5.32 Å². The molecule has 1 aromatic heterocycles. The summed E-state index contributed by atoms with van der Waals surface area (Å²) in [6.07, 6.45) is 4.13. The van der Waals surface area contributed by atoms with Gasteiger partial charge in [-0.15, -0.1) is 0 Å². The average molecular weight is 262 g/mol. The number of anilines is 1. The van der Waals surface area contributed by atoms with Crippen LogP contribution in [0.15, 0.2) is 36.7 Å². The van der Waals surface area contributed by atoms with Gasteiger partial charge in [-0.3, -0.25) is 9.89 Å². The molecule has 92 valence electrons. The van der Waals surface area contributed by atoms with Crippen LogP contribution in [0.4, 0.5) is 5.69 Å². The molecular formula is C13H12ClN3O. The maximum atomic E-state index is 12.0. The van der Waals surface area contributed by atoms with E-state index < -0.39 is 0 Å². The third-order valence-corrected chi connectivity index (χ3v) is 3.40. The van der Waals surface area contributed by atoms with Gasteiger partial charge in [0.2, 0.25) is 5.91 Å². The second-order valence-electron chi connectivity index (χ2n) is 4.48. The Morgan fingerprint density at radius 1 is 1.50 bits per heavy atom. The lowest BCUT2D eigenvalue weighted by atomic mass is 10.1. The van der Waals surface area contributed by atoms with Gasteiger partial charge in [0, 0.05) is 17.1 Å². The van der Waals surface area contributed by atoms with E-state index in [0.717, 1.165) is 12.0 Å². The third kappa shape index (κ3) is 2.24. The zero-order valence-corrected chi connectivity index (χ0v) is 10.3. The van der Waals surface area contributed by atoms with E-state index in [1.807, 2.05) is 24.3 Å². The van der Waals surface area contributed by atoms with Crippen molar-refractivity contribution in [3.8, 4) is 0 Å². The van der Waals surface area contributed by atoms with Crippen LogP contribution in [0.25, 0.3) is 0 Å². The van der Waals surface area contributed by atoms with Crippen LogP contribution >= 0.6 is 11.6 Å². The Balaban J connectivity index is 1.65. The number of carbonyl (C=O) groups is 1. The van der Waals surface area contributed by atoms with Crippen LogP contribution in [0.3, 0.4) is 0 Å². The van der Waals surface area contributed by atoms with Crippen molar-refractivity contribution in [1.29, 1.82) is 0 Å². The highest BCUT2D eigenvalue weighted by Crippen LogP contribution is 2.48. The number of hydrogen-bond donors (Lipinski definition) is 2. The molecule has 2 atom stereocenters. The standard InChI is InChI=1S/C13H12ClN3O/c14-9-3-1-2-8(4-9)11-5-12(11)13(18)17-10-6-15-16-7-10/h1-4,6-7,11-12H,5H2,(H,15,16)(H,17,18)/t11-,12+/m1/s1. The molecule has 0 radical (unpaired) electrons. The molecule has 4 nitrogen and oxygen atoms in total. The Bertz CT molecular complexity index is 567. The number of benzene rings is 1. The molecule has 1 saturated carbocycles. The Morgan fingerprint density at radius 3 is 3.11 bits per heavy atom. The van der Waals surface area contributed by atoms with Gasteiger partial charge < -0.3 is 5.32 Å². The minimum Gasteiger partial charge on any atom is -0.323 e. The molecule has 2 N–H and O–H groups in total. The van der Waals surface area contributed by atoms with Crippen LogP contribution in [-0.4, -0.2) is 16.1 Å². The zero-order valence-electron chi connectivity index (χ0n) is 9.56. The molecule has 0 aliphatic heterocycles. The summed E-state index contributed by atoms with van der Waals surface area (Å²) in [5.74, 6) is 0.371. The first kappa shape index (κ1) is 11.3. The highest BCUT2D eigenvalue weighted by molar-refractivity contribution is 6.30. The third-order valence-electron chi connectivity index (χ3n) is 3.17. The highest BCUT2D eigenvalue weighted by Gasteiger charge is 2.43. The predicted octanol–water partition coefficient (Wildman–Crippen LogP) is 2.81. The number of aromatic nitrogens is 2. The largest absolute Gasteiger partial charge is 0.323 e. The predicted molar refractivity (Wildman–Crippen MR) is 69.5 cm³/mol. The highest BCUT2D eigenvalue weighted by atomic mass is 35.5. The van der Waals surface area contributed by atoms with Crippen molar-refractivity contribution in [2.24, 2.45) is 5.92 Å². The first-order valence-electron chi connectivity index (χ1n) is 5.79. The van der Waals surface area contributed by atoms with E-state index in [1.165, 1.54) is 0 Å². The molecule has 5 heteroatoms. The normalized spacial score (nSPS) is 21.6. The van der Waals surface area contributed by atoms with Crippen molar-refractivity contribution < 1.29 is 4.79 Å². The molecule has 1 heterocycles. The van der Waals surface area contributed by atoms with Crippen LogP contribution in [0, 0.1) is 5.92 Å². The molecule has 18 heavy (non-hydrogen) atoms. The Kier molecular flexibility index (Phi) is 2.80. The molecule has 3 rings (SSSR count). The molecule has 1 aliphatic rings. The van der Waals surface area contributed by atoms with Gasteiger partial charge in [-0.05, 0) is 30.0 Å². The SMILES string of the molecule is O=C(Nc1cn[nH]c1)[C@H]1C[C@@H]1c1cccc(Cl)c1. The molecule has 1 fully saturated rings. The van der Waals surface area contributed by atoms with Crippen molar-refractivity contribution in [3.63, 3.8) is 0 Å². The molecule has 1 amide bonds. The van der Waals surface area contributed by atoms with Gasteiger partial charge in [-0.25, -0.2) is 0 Å². The van der Waals surface area contributed by atoms with Gasteiger partial charge in [0.25, 0.3) is 0 Å². The Hall–Kier alpha value is -1.81. The second kappa shape index (κ2) is 4.46. The first-order valence-corrected chi connectivity index (χ1v) is 6.17. The number of carbonyl (C=O) groups excluding carboxylic acids is 1. The van der Waals surface area contributed by atoms with Crippen molar-refractivity contribution >= 4 is 23.2 Å². The van der Waals surface area contributed by atoms with E-state index >= 15 is 0 Å². The summed E-state index contributed by atoms with van der Waals surface area (Å²) in [4.78, 5) is 12.0. The molecule has 2 aromatic rings. The maximum Gasteiger partial charge on any atom is 0.228 e. The molecule has 1 aliphatic carbocycles. The number of amides is 1. The number of nitrogens with one attached hydrogen (secondary N) is 2. The number of nitrogens with zero attached hydrogens (tertiary/aromatic N) is 1. The van der Waals surface area contributed by atoms with Crippen molar-refractivity contribution in [1.82, 2.24) is 10.2 Å². The fraction of sp³-hybridized carbons (Fsp3) is 0.231. The zero-order chi connectivity index (χ0) is 12.5. The molecule has 0 saturated heterocycles. The molecule has 0 bridgehead atoms.